The fourth-order valence-corrected chi connectivity index (χ4v) is 6.64. The lowest BCUT2D eigenvalue weighted by Crippen LogP contribution is -2.39. The van der Waals surface area contributed by atoms with Crippen LogP contribution in [0.5, 0.6) is 0 Å². The van der Waals surface area contributed by atoms with Crippen molar-refractivity contribution in [2.45, 2.75) is 43.4 Å². The van der Waals surface area contributed by atoms with E-state index in [0.717, 1.165) is 11.6 Å². The van der Waals surface area contributed by atoms with Crippen LogP contribution in [0, 0.1) is 18.8 Å². The van der Waals surface area contributed by atoms with Crippen LogP contribution in [0.15, 0.2) is 47.4 Å². The zero-order chi connectivity index (χ0) is 24.0. The first-order valence-corrected chi connectivity index (χ1v) is 12.0. The number of carboxylic acid groups (broad SMARTS) is 1. The van der Waals surface area contributed by atoms with Crippen molar-refractivity contribution in [3.63, 3.8) is 0 Å². The van der Waals surface area contributed by atoms with Crippen LogP contribution in [-0.4, -0.2) is 52.9 Å². The molecule has 1 aromatic heterocycles. The summed E-state index contributed by atoms with van der Waals surface area (Å²) < 4.78 is 66.2. The fourth-order valence-electron chi connectivity index (χ4n) is 4.93. The second kappa shape index (κ2) is 8.60. The van der Waals surface area contributed by atoms with Crippen molar-refractivity contribution in [2.24, 2.45) is 11.8 Å². The first-order chi connectivity index (χ1) is 15.5. The van der Waals surface area contributed by atoms with Crippen LogP contribution in [0.4, 0.5) is 18.0 Å². The first kappa shape index (κ1) is 23.5. The van der Waals surface area contributed by atoms with Gasteiger partial charge in [0.15, 0.2) is 0 Å². The molecule has 0 radical (unpaired) electrons. The number of nitrogens with zero attached hydrogens (tertiary/aromatic N) is 3. The van der Waals surface area contributed by atoms with E-state index < -0.39 is 28.0 Å². The Morgan fingerprint density at radius 1 is 1.12 bits per heavy atom. The van der Waals surface area contributed by atoms with Crippen molar-refractivity contribution in [1.82, 2.24) is 14.2 Å². The van der Waals surface area contributed by atoms with Crippen molar-refractivity contribution in [3.05, 3.63) is 59.4 Å². The Morgan fingerprint density at radius 3 is 2.24 bits per heavy atom. The number of halogens is 3. The highest BCUT2D eigenvalue weighted by Crippen LogP contribution is 2.42. The van der Waals surface area contributed by atoms with Crippen LogP contribution in [-0.2, 0) is 22.7 Å². The molecule has 1 unspecified atom stereocenters. The van der Waals surface area contributed by atoms with E-state index in [0.29, 0.717) is 18.9 Å². The van der Waals surface area contributed by atoms with Gasteiger partial charge < -0.3 is 10.0 Å². The lowest BCUT2D eigenvalue weighted by molar-refractivity contribution is -0.141. The van der Waals surface area contributed by atoms with E-state index in [1.807, 2.05) is 30.3 Å². The summed E-state index contributed by atoms with van der Waals surface area (Å²) in [4.78, 5) is 16.5. The van der Waals surface area contributed by atoms with Gasteiger partial charge >= 0.3 is 12.3 Å². The summed E-state index contributed by atoms with van der Waals surface area (Å²) in [6, 6.07) is 10.7. The van der Waals surface area contributed by atoms with Gasteiger partial charge in [-0.3, -0.25) is 0 Å². The Kier molecular flexibility index (Phi) is 6.12. The largest absolute Gasteiger partial charge is 0.465 e. The molecule has 7 nitrogen and oxygen atoms in total. The summed E-state index contributed by atoms with van der Waals surface area (Å²) in [6.07, 6.45) is -4.58. The minimum absolute atomic E-state index is 0.00916. The number of alkyl halides is 3. The lowest BCUT2D eigenvalue weighted by Gasteiger charge is -2.28. The van der Waals surface area contributed by atoms with E-state index in [1.54, 1.807) is 0 Å². The van der Waals surface area contributed by atoms with E-state index in [-0.39, 0.29) is 48.1 Å². The summed E-state index contributed by atoms with van der Waals surface area (Å²) in [7, 11) is -4.00. The molecule has 0 spiro atoms. The number of hydrogen-bond donors (Lipinski definition) is 1. The molecule has 2 fully saturated rings. The Morgan fingerprint density at radius 2 is 1.73 bits per heavy atom. The predicted molar refractivity (Wildman–Crippen MR) is 113 cm³/mol. The van der Waals surface area contributed by atoms with Gasteiger partial charge in [-0.1, -0.05) is 30.3 Å². The highest BCUT2D eigenvalue weighted by Gasteiger charge is 2.47. The minimum atomic E-state index is -4.65. The molecule has 4 rings (SSSR count). The second-order valence-electron chi connectivity index (χ2n) is 8.64. The Hall–Kier alpha value is -2.66. The predicted octanol–water partition coefficient (Wildman–Crippen LogP) is 3.99. The molecular formula is C22H24F3N3O4S. The molecule has 3 atom stereocenters. The van der Waals surface area contributed by atoms with Gasteiger partial charge in [0, 0.05) is 25.7 Å². The molecule has 1 aliphatic carbocycles. The van der Waals surface area contributed by atoms with Crippen LogP contribution in [0.1, 0.15) is 29.8 Å². The van der Waals surface area contributed by atoms with Gasteiger partial charge in [0.05, 0.1) is 5.69 Å². The Labute approximate surface area is 189 Å². The number of sulfonamides is 1. The molecular weight excluding hydrogens is 459 g/mol. The van der Waals surface area contributed by atoms with Crippen LogP contribution >= 0.6 is 0 Å². The molecule has 0 bridgehead atoms. The second-order valence-corrected chi connectivity index (χ2v) is 10.5. The average molecular weight is 484 g/mol. The molecule has 178 valence electrons. The smallest absolute Gasteiger partial charge is 0.433 e. The molecule has 1 amide bonds. The number of hydrogen-bond acceptors (Lipinski definition) is 4. The summed E-state index contributed by atoms with van der Waals surface area (Å²) in [5, 5.41) is 9.73. The third-order valence-electron chi connectivity index (χ3n) is 6.52. The zero-order valence-corrected chi connectivity index (χ0v) is 18.7. The molecule has 1 saturated carbocycles. The summed E-state index contributed by atoms with van der Waals surface area (Å²) >= 11 is 0. The molecule has 1 N–H and O–H groups in total. The van der Waals surface area contributed by atoms with E-state index in [1.165, 1.54) is 16.1 Å². The van der Waals surface area contributed by atoms with Crippen molar-refractivity contribution in [3.8, 4) is 0 Å². The van der Waals surface area contributed by atoms with Gasteiger partial charge in [0.1, 0.15) is 10.6 Å². The standard InChI is InChI=1S/C22H24F3N3O4S/c1-14-19(7-8-20(26-14)22(23,24)25)33(31,32)27-12-16-9-18(10-17(16)13-27)28(21(29)30)11-15-5-3-2-4-6-15/h2-8,16-18H,9-13H2,1H3,(H,29,30)/t16-,17+,18?. The van der Waals surface area contributed by atoms with Crippen molar-refractivity contribution in [2.75, 3.05) is 13.1 Å². The fraction of sp³-hybridized carbons (Fsp3) is 0.455. The maximum absolute atomic E-state index is 13.1. The number of aromatic nitrogens is 1. The number of pyridine rings is 1. The maximum atomic E-state index is 13.1. The maximum Gasteiger partial charge on any atom is 0.433 e. The SMILES string of the molecule is Cc1nc(C(F)(F)F)ccc1S(=O)(=O)N1C[C@H]2CC(N(Cc3ccccc3)C(=O)O)C[C@H]2C1. The van der Waals surface area contributed by atoms with E-state index >= 15 is 0 Å². The zero-order valence-electron chi connectivity index (χ0n) is 17.9. The highest BCUT2D eigenvalue weighted by molar-refractivity contribution is 7.89. The van der Waals surface area contributed by atoms with E-state index in [4.69, 9.17) is 0 Å². The van der Waals surface area contributed by atoms with E-state index in [2.05, 4.69) is 4.98 Å². The summed E-state index contributed by atoms with van der Waals surface area (Å²) in [5.41, 5.74) is -0.446. The van der Waals surface area contributed by atoms with Crippen LogP contribution in [0.25, 0.3) is 0 Å². The number of amides is 1. The van der Waals surface area contributed by atoms with Gasteiger partial charge in [-0.05, 0) is 49.3 Å². The van der Waals surface area contributed by atoms with Crippen molar-refractivity contribution < 1.29 is 31.5 Å². The lowest BCUT2D eigenvalue weighted by atomic mass is 10.0. The number of carbonyl (C=O) groups is 1. The summed E-state index contributed by atoms with van der Waals surface area (Å²) in [6.45, 7) is 1.94. The third kappa shape index (κ3) is 4.70. The van der Waals surface area contributed by atoms with Gasteiger partial charge in [0.2, 0.25) is 10.0 Å². The molecule has 33 heavy (non-hydrogen) atoms. The number of aryl methyl sites for hydroxylation is 1. The van der Waals surface area contributed by atoms with Crippen LogP contribution in [0.3, 0.4) is 0 Å². The van der Waals surface area contributed by atoms with Crippen molar-refractivity contribution >= 4 is 16.1 Å². The molecule has 2 aromatic rings. The van der Waals surface area contributed by atoms with Crippen molar-refractivity contribution in [1.29, 1.82) is 0 Å². The average Bonchev–Trinajstić information content (AvgIpc) is 3.31. The molecule has 2 heterocycles. The van der Waals surface area contributed by atoms with Crippen LogP contribution in [0.2, 0.25) is 0 Å². The number of benzene rings is 1. The molecule has 1 aliphatic heterocycles. The normalized spacial score (nSPS) is 23.5. The van der Waals surface area contributed by atoms with Gasteiger partial charge in [-0.2, -0.15) is 17.5 Å². The molecule has 11 heteroatoms. The highest BCUT2D eigenvalue weighted by atomic mass is 32.2. The topological polar surface area (TPSA) is 90.8 Å². The first-order valence-electron chi connectivity index (χ1n) is 10.6. The number of rotatable bonds is 5. The molecule has 1 saturated heterocycles. The van der Waals surface area contributed by atoms with Gasteiger partial charge in [-0.15, -0.1) is 0 Å². The molecule has 2 aliphatic rings. The monoisotopic (exact) mass is 483 g/mol. The Bertz CT molecular complexity index is 1130. The minimum Gasteiger partial charge on any atom is -0.465 e. The third-order valence-corrected chi connectivity index (χ3v) is 8.49. The summed E-state index contributed by atoms with van der Waals surface area (Å²) in [5.74, 6) is -0.0183. The van der Waals surface area contributed by atoms with Gasteiger partial charge in [0.25, 0.3) is 0 Å². The Balaban J connectivity index is 1.46. The molecule has 1 aromatic carbocycles. The van der Waals surface area contributed by atoms with Gasteiger partial charge in [-0.25, -0.2) is 18.2 Å². The quantitative estimate of drug-likeness (QED) is 0.695. The van der Waals surface area contributed by atoms with Crippen LogP contribution < -0.4 is 0 Å². The van der Waals surface area contributed by atoms with E-state index in [9.17, 15) is 31.5 Å². The number of fused-ring (bicyclic) bond motifs is 1.